The van der Waals surface area contributed by atoms with Gasteiger partial charge < -0.3 is 9.37 Å². The van der Waals surface area contributed by atoms with Crippen molar-refractivity contribution in [2.45, 2.75) is 13.1 Å². The summed E-state index contributed by atoms with van der Waals surface area (Å²) in [5.41, 5.74) is 0.362. The molecule has 0 amide bonds. The Kier molecular flexibility index (Phi) is 2.02. The molecule has 2 rings (SSSR count). The van der Waals surface area contributed by atoms with Gasteiger partial charge in [0.2, 0.25) is 8.32 Å². The number of halogens is 2. The van der Waals surface area contributed by atoms with Crippen molar-refractivity contribution in [1.29, 1.82) is 0 Å². The minimum atomic E-state index is -2.46. The van der Waals surface area contributed by atoms with Crippen LogP contribution in [0.4, 0.5) is 8.78 Å². The quantitative estimate of drug-likeness (QED) is 0.620. The average Bonchev–Trinajstić information content (AvgIpc) is 2.29. The summed E-state index contributed by atoms with van der Waals surface area (Å²) < 4.78 is 31.6. The van der Waals surface area contributed by atoms with E-state index in [0.29, 0.717) is 5.46 Å². The van der Waals surface area contributed by atoms with Crippen molar-refractivity contribution in [3.05, 3.63) is 23.8 Å². The van der Waals surface area contributed by atoms with Crippen LogP contribution in [0.1, 0.15) is 0 Å². The van der Waals surface area contributed by atoms with Crippen LogP contribution in [-0.4, -0.2) is 20.5 Å². The number of rotatable bonds is 0. The molecule has 1 aromatic rings. The molecule has 1 aromatic carbocycles. The predicted molar refractivity (Wildman–Crippen MR) is 52.2 cm³/mol. The molecular weight excluding hydrogens is 205 g/mol. The molecule has 1 N–H and O–H groups in total. The Balaban J connectivity index is 2.70. The maximum atomic E-state index is 13.4. The first-order valence-electron chi connectivity index (χ1n) is 4.28. The van der Waals surface area contributed by atoms with Gasteiger partial charge in [-0.1, -0.05) is 6.07 Å². The largest absolute Gasteiger partial charge is 0.480 e. The summed E-state index contributed by atoms with van der Waals surface area (Å²) in [5, 5.41) is 9.70. The van der Waals surface area contributed by atoms with Crippen LogP contribution in [-0.2, 0) is 4.34 Å². The van der Waals surface area contributed by atoms with E-state index in [0.717, 1.165) is 6.07 Å². The lowest BCUT2D eigenvalue weighted by Gasteiger charge is -2.16. The Morgan fingerprint density at radius 1 is 1.36 bits per heavy atom. The maximum absolute atomic E-state index is 13.4. The van der Waals surface area contributed by atoms with Crippen molar-refractivity contribution < 1.29 is 18.1 Å². The van der Waals surface area contributed by atoms with Crippen LogP contribution in [0.2, 0.25) is 13.1 Å². The van der Waals surface area contributed by atoms with Gasteiger partial charge in [0, 0.05) is 5.19 Å². The summed E-state index contributed by atoms with van der Waals surface area (Å²) in [6.45, 7) is 3.45. The van der Waals surface area contributed by atoms with E-state index in [1.807, 2.05) is 0 Å². The molecule has 0 unspecified atom stereocenters. The third-order valence-electron chi connectivity index (χ3n) is 2.40. The molecule has 1 heterocycles. The van der Waals surface area contributed by atoms with Crippen LogP contribution in [0.15, 0.2) is 12.1 Å². The molecule has 0 saturated carbocycles. The smallest absolute Gasteiger partial charge is 0.446 e. The van der Waals surface area contributed by atoms with Crippen molar-refractivity contribution in [1.82, 2.24) is 0 Å². The zero-order chi connectivity index (χ0) is 10.5. The molecule has 0 radical (unpaired) electrons. The van der Waals surface area contributed by atoms with E-state index in [4.69, 9.17) is 4.34 Å². The number of hydrogen-bond donors (Lipinski definition) is 1. The third-order valence-corrected chi connectivity index (χ3v) is 4.93. The first-order chi connectivity index (χ1) is 6.43. The summed E-state index contributed by atoms with van der Waals surface area (Å²) in [5.74, 6) is -1.77. The van der Waals surface area contributed by atoms with Gasteiger partial charge in [-0.2, -0.15) is 0 Å². The highest BCUT2D eigenvalue weighted by Gasteiger charge is 2.45. The lowest BCUT2D eigenvalue weighted by molar-refractivity contribution is 0.440. The summed E-state index contributed by atoms with van der Waals surface area (Å²) in [6, 6.07) is 2.39. The summed E-state index contributed by atoms with van der Waals surface area (Å²) in [7, 11) is -3.57. The van der Waals surface area contributed by atoms with Crippen molar-refractivity contribution in [2.75, 3.05) is 0 Å². The fourth-order valence-corrected chi connectivity index (χ4v) is 4.14. The van der Waals surface area contributed by atoms with Crippen LogP contribution in [0.5, 0.6) is 0 Å². The molecule has 0 atom stereocenters. The van der Waals surface area contributed by atoms with Crippen molar-refractivity contribution >= 4 is 26.1 Å². The molecule has 74 valence electrons. The van der Waals surface area contributed by atoms with Crippen LogP contribution >= 0.6 is 0 Å². The van der Waals surface area contributed by atoms with Gasteiger partial charge in [-0.3, -0.25) is 0 Å². The summed E-state index contributed by atoms with van der Waals surface area (Å²) >= 11 is 0. The topological polar surface area (TPSA) is 29.5 Å². The second-order valence-electron chi connectivity index (χ2n) is 3.81. The molecule has 0 aromatic heterocycles. The Bertz CT molecular complexity index is 397. The van der Waals surface area contributed by atoms with E-state index in [1.54, 1.807) is 13.1 Å². The van der Waals surface area contributed by atoms with Gasteiger partial charge in [-0.15, -0.1) is 0 Å². The number of benzene rings is 1. The van der Waals surface area contributed by atoms with Gasteiger partial charge >= 0.3 is 7.12 Å². The van der Waals surface area contributed by atoms with E-state index in [1.165, 1.54) is 6.07 Å². The third kappa shape index (κ3) is 1.22. The minimum Gasteiger partial charge on any atom is -0.446 e. The Labute approximate surface area is 81.8 Å². The first-order valence-corrected chi connectivity index (χ1v) is 7.18. The fraction of sp³-hybridized carbons (Fsp3) is 0.250. The van der Waals surface area contributed by atoms with Gasteiger partial charge in [0.1, 0.15) is 0 Å². The molecule has 0 bridgehead atoms. The van der Waals surface area contributed by atoms with Crippen LogP contribution < -0.4 is 10.6 Å². The average molecular weight is 214 g/mol. The second kappa shape index (κ2) is 2.88. The molecule has 0 fully saturated rings. The molecule has 1 aliphatic rings. The summed E-state index contributed by atoms with van der Waals surface area (Å²) in [4.78, 5) is 0. The van der Waals surface area contributed by atoms with Gasteiger partial charge in [-0.25, -0.2) is 8.78 Å². The van der Waals surface area contributed by atoms with Crippen molar-refractivity contribution in [2.24, 2.45) is 0 Å². The van der Waals surface area contributed by atoms with E-state index in [2.05, 4.69) is 0 Å². The van der Waals surface area contributed by atoms with Crippen LogP contribution in [0, 0.1) is 11.6 Å². The lowest BCUT2D eigenvalue weighted by atomic mass is 9.80. The first kappa shape index (κ1) is 9.82. The lowest BCUT2D eigenvalue weighted by Crippen LogP contribution is -2.46. The van der Waals surface area contributed by atoms with Gasteiger partial charge in [0.15, 0.2) is 11.6 Å². The zero-order valence-electron chi connectivity index (χ0n) is 7.84. The van der Waals surface area contributed by atoms with Gasteiger partial charge in [0.05, 0.1) is 0 Å². The van der Waals surface area contributed by atoms with E-state index in [9.17, 15) is 13.8 Å². The normalized spacial score (nSPS) is 18.5. The molecule has 1 aliphatic heterocycles. The minimum absolute atomic E-state index is 0.241. The zero-order valence-corrected chi connectivity index (χ0v) is 8.84. The van der Waals surface area contributed by atoms with E-state index in [-0.39, 0.29) is 5.19 Å². The Morgan fingerprint density at radius 2 is 2.00 bits per heavy atom. The highest BCUT2D eigenvalue weighted by atomic mass is 28.4. The van der Waals surface area contributed by atoms with Crippen molar-refractivity contribution in [3.8, 4) is 0 Å². The van der Waals surface area contributed by atoms with Gasteiger partial charge in [-0.05, 0) is 24.6 Å². The van der Waals surface area contributed by atoms with Gasteiger partial charge in [0.25, 0.3) is 0 Å². The van der Waals surface area contributed by atoms with Crippen molar-refractivity contribution in [3.63, 3.8) is 0 Å². The predicted octanol–water partition coefficient (Wildman–Crippen LogP) is 0.0946. The molecule has 2 nitrogen and oxygen atoms in total. The fourth-order valence-electron chi connectivity index (χ4n) is 1.78. The molecule has 0 saturated heterocycles. The Morgan fingerprint density at radius 3 is 2.64 bits per heavy atom. The molecular formula is C8H9BF2O2Si. The summed E-state index contributed by atoms with van der Waals surface area (Å²) in [6.07, 6.45) is 0. The number of hydrogen-bond acceptors (Lipinski definition) is 2. The maximum Gasteiger partial charge on any atom is 0.480 e. The molecule has 0 aliphatic carbocycles. The highest BCUT2D eigenvalue weighted by Crippen LogP contribution is 2.16. The Hall–Kier alpha value is -0.718. The van der Waals surface area contributed by atoms with E-state index >= 15 is 0 Å². The second-order valence-corrected chi connectivity index (χ2v) is 7.56. The van der Waals surface area contributed by atoms with E-state index < -0.39 is 27.1 Å². The SMILES string of the molecule is C[Si]1(C)OB(O)c2ccc(F)c(F)c21. The van der Waals surface area contributed by atoms with Crippen LogP contribution in [0.3, 0.4) is 0 Å². The molecule has 0 spiro atoms. The number of fused-ring (bicyclic) bond motifs is 1. The molecule has 6 heteroatoms. The standard InChI is InChI=1S/C8H9BF2O2Si/c1-14(2)8-5(9(12)13-14)3-4-6(10)7(8)11/h3-4,12H,1-2H3. The highest BCUT2D eigenvalue weighted by molar-refractivity contribution is 6.97. The monoisotopic (exact) mass is 214 g/mol. The molecule has 14 heavy (non-hydrogen) atoms. The van der Waals surface area contributed by atoms with Crippen LogP contribution in [0.25, 0.3) is 0 Å².